The van der Waals surface area contributed by atoms with Crippen molar-refractivity contribution in [1.82, 2.24) is 15.1 Å². The van der Waals surface area contributed by atoms with Crippen molar-refractivity contribution in [2.45, 2.75) is 39.5 Å². The highest BCUT2D eigenvalue weighted by Gasteiger charge is 2.19. The fourth-order valence-electron chi connectivity index (χ4n) is 2.47. The molecule has 1 heterocycles. The summed E-state index contributed by atoms with van der Waals surface area (Å²) in [6, 6.07) is 7.32. The highest BCUT2D eigenvalue weighted by molar-refractivity contribution is 6.02. The number of ether oxygens (including phenoxy) is 1. The summed E-state index contributed by atoms with van der Waals surface area (Å²) in [5.41, 5.74) is 0.982. The van der Waals surface area contributed by atoms with E-state index in [9.17, 15) is 9.59 Å². The van der Waals surface area contributed by atoms with Crippen LogP contribution in [0.5, 0.6) is 0 Å². The number of nitrogens with zero attached hydrogens (tertiary/aromatic N) is 2. The Morgan fingerprint density at radius 1 is 1.12 bits per heavy atom. The van der Waals surface area contributed by atoms with Crippen LogP contribution < -0.4 is 0 Å². The van der Waals surface area contributed by atoms with Gasteiger partial charge in [-0.25, -0.2) is 4.79 Å². The Morgan fingerprint density at radius 3 is 2.46 bits per heavy atom. The SMILES string of the molecule is CCCCN(CCCC)C(=O)COC(=O)c1n[nH]c2ccccc12. The van der Waals surface area contributed by atoms with Gasteiger partial charge in [0.1, 0.15) is 0 Å². The van der Waals surface area contributed by atoms with Crippen LogP contribution in [0.25, 0.3) is 10.9 Å². The number of esters is 1. The fourth-order valence-corrected chi connectivity index (χ4v) is 2.47. The van der Waals surface area contributed by atoms with E-state index < -0.39 is 5.97 Å². The highest BCUT2D eigenvalue weighted by Crippen LogP contribution is 2.15. The van der Waals surface area contributed by atoms with E-state index in [4.69, 9.17) is 4.74 Å². The second-order valence-electron chi connectivity index (χ2n) is 5.78. The number of aromatic amines is 1. The van der Waals surface area contributed by atoms with Crippen molar-refractivity contribution in [2.75, 3.05) is 19.7 Å². The van der Waals surface area contributed by atoms with Gasteiger partial charge in [-0.05, 0) is 18.9 Å². The summed E-state index contributed by atoms with van der Waals surface area (Å²) < 4.78 is 5.18. The molecule has 1 N–H and O–H groups in total. The van der Waals surface area contributed by atoms with E-state index in [1.165, 1.54) is 0 Å². The average Bonchev–Trinajstić information content (AvgIpc) is 3.03. The second kappa shape index (κ2) is 9.05. The van der Waals surface area contributed by atoms with E-state index >= 15 is 0 Å². The molecule has 6 heteroatoms. The van der Waals surface area contributed by atoms with Gasteiger partial charge in [0.2, 0.25) is 0 Å². The zero-order valence-corrected chi connectivity index (χ0v) is 14.4. The lowest BCUT2D eigenvalue weighted by Crippen LogP contribution is -2.36. The second-order valence-corrected chi connectivity index (χ2v) is 5.78. The number of benzene rings is 1. The molecule has 0 fully saturated rings. The number of aromatic nitrogens is 2. The van der Waals surface area contributed by atoms with E-state index in [0.717, 1.165) is 31.2 Å². The Bertz CT molecular complexity index is 673. The molecule has 6 nitrogen and oxygen atoms in total. The average molecular weight is 331 g/mol. The molecule has 0 saturated carbocycles. The molecule has 24 heavy (non-hydrogen) atoms. The smallest absolute Gasteiger partial charge is 0.359 e. The number of para-hydroxylation sites is 1. The Morgan fingerprint density at radius 2 is 1.79 bits per heavy atom. The van der Waals surface area contributed by atoms with Gasteiger partial charge in [0.15, 0.2) is 12.3 Å². The van der Waals surface area contributed by atoms with Crippen LogP contribution in [0, 0.1) is 0 Å². The number of hydrogen-bond acceptors (Lipinski definition) is 4. The first-order chi connectivity index (χ1) is 11.7. The Kier molecular flexibility index (Phi) is 6.78. The minimum atomic E-state index is -0.577. The number of unbranched alkanes of at least 4 members (excludes halogenated alkanes) is 2. The number of nitrogens with one attached hydrogen (secondary N) is 1. The molecule has 0 bridgehead atoms. The van der Waals surface area contributed by atoms with Crippen molar-refractivity contribution in [3.05, 3.63) is 30.0 Å². The molecule has 0 atom stereocenters. The number of fused-ring (bicyclic) bond motifs is 1. The number of H-pyrrole nitrogens is 1. The highest BCUT2D eigenvalue weighted by atomic mass is 16.5. The summed E-state index contributed by atoms with van der Waals surface area (Å²) in [6.07, 6.45) is 3.95. The van der Waals surface area contributed by atoms with E-state index in [1.807, 2.05) is 18.2 Å². The molecule has 130 valence electrons. The van der Waals surface area contributed by atoms with Gasteiger partial charge in [0, 0.05) is 18.5 Å². The maximum Gasteiger partial charge on any atom is 0.359 e. The molecule has 1 aromatic heterocycles. The first-order valence-corrected chi connectivity index (χ1v) is 8.55. The van der Waals surface area contributed by atoms with Crippen LogP contribution in [0.4, 0.5) is 0 Å². The zero-order valence-electron chi connectivity index (χ0n) is 14.4. The van der Waals surface area contributed by atoms with E-state index in [1.54, 1.807) is 11.0 Å². The van der Waals surface area contributed by atoms with Crippen molar-refractivity contribution >= 4 is 22.8 Å². The van der Waals surface area contributed by atoms with Crippen LogP contribution in [0.1, 0.15) is 50.0 Å². The van der Waals surface area contributed by atoms with Gasteiger partial charge in [-0.15, -0.1) is 0 Å². The van der Waals surface area contributed by atoms with Crippen molar-refractivity contribution in [1.29, 1.82) is 0 Å². The van der Waals surface area contributed by atoms with E-state index in [-0.39, 0.29) is 18.2 Å². The summed E-state index contributed by atoms with van der Waals surface area (Å²) in [5, 5.41) is 7.48. The third-order valence-corrected chi connectivity index (χ3v) is 3.91. The van der Waals surface area contributed by atoms with Gasteiger partial charge >= 0.3 is 5.97 Å². The molecule has 0 unspecified atom stereocenters. The summed E-state index contributed by atoms with van der Waals surface area (Å²) >= 11 is 0. The van der Waals surface area contributed by atoms with Crippen molar-refractivity contribution in [3.63, 3.8) is 0 Å². The lowest BCUT2D eigenvalue weighted by Gasteiger charge is -2.22. The summed E-state index contributed by atoms with van der Waals surface area (Å²) in [6.45, 7) is 5.35. The largest absolute Gasteiger partial charge is 0.451 e. The van der Waals surface area contributed by atoms with Crippen LogP contribution in [0.15, 0.2) is 24.3 Å². The molecule has 2 aromatic rings. The quantitative estimate of drug-likeness (QED) is 0.716. The third kappa shape index (κ3) is 4.57. The fraction of sp³-hybridized carbons (Fsp3) is 0.500. The van der Waals surface area contributed by atoms with Gasteiger partial charge in [-0.2, -0.15) is 5.10 Å². The monoisotopic (exact) mass is 331 g/mol. The van der Waals surface area contributed by atoms with Gasteiger partial charge < -0.3 is 9.64 Å². The number of carbonyl (C=O) groups is 2. The van der Waals surface area contributed by atoms with Crippen LogP contribution in [0.2, 0.25) is 0 Å². The van der Waals surface area contributed by atoms with Crippen molar-refractivity contribution in [2.24, 2.45) is 0 Å². The predicted octanol–water partition coefficient (Wildman–Crippen LogP) is 3.15. The molecule has 0 aliphatic rings. The third-order valence-electron chi connectivity index (χ3n) is 3.91. The number of amides is 1. The molecular formula is C18H25N3O3. The van der Waals surface area contributed by atoms with Gasteiger partial charge in [0.25, 0.3) is 5.91 Å². The Labute approximate surface area is 142 Å². The normalized spacial score (nSPS) is 10.8. The first kappa shape index (κ1) is 18.0. The molecule has 0 radical (unpaired) electrons. The summed E-state index contributed by atoms with van der Waals surface area (Å²) in [4.78, 5) is 26.3. The maximum atomic E-state index is 12.3. The number of rotatable bonds is 9. The first-order valence-electron chi connectivity index (χ1n) is 8.55. The van der Waals surface area contributed by atoms with Crippen LogP contribution >= 0.6 is 0 Å². The molecule has 0 aliphatic heterocycles. The number of hydrogen-bond donors (Lipinski definition) is 1. The molecular weight excluding hydrogens is 306 g/mol. The summed E-state index contributed by atoms with van der Waals surface area (Å²) in [7, 11) is 0. The topological polar surface area (TPSA) is 75.3 Å². The minimum Gasteiger partial charge on any atom is -0.451 e. The molecule has 2 rings (SSSR count). The molecule has 1 aromatic carbocycles. The van der Waals surface area contributed by atoms with Gasteiger partial charge in [-0.3, -0.25) is 9.89 Å². The zero-order chi connectivity index (χ0) is 17.4. The lowest BCUT2D eigenvalue weighted by atomic mass is 10.2. The van der Waals surface area contributed by atoms with Crippen LogP contribution in [0.3, 0.4) is 0 Å². The van der Waals surface area contributed by atoms with Gasteiger partial charge in [0.05, 0.1) is 5.52 Å². The van der Waals surface area contributed by atoms with Crippen LogP contribution in [-0.2, 0) is 9.53 Å². The van der Waals surface area contributed by atoms with Crippen LogP contribution in [-0.4, -0.2) is 46.7 Å². The number of carbonyl (C=O) groups excluding carboxylic acids is 2. The molecule has 0 aliphatic carbocycles. The minimum absolute atomic E-state index is 0.148. The van der Waals surface area contributed by atoms with E-state index in [2.05, 4.69) is 24.0 Å². The van der Waals surface area contributed by atoms with Crippen molar-refractivity contribution < 1.29 is 14.3 Å². The molecule has 0 saturated heterocycles. The van der Waals surface area contributed by atoms with Gasteiger partial charge in [-0.1, -0.05) is 44.9 Å². The Hall–Kier alpha value is -2.37. The van der Waals surface area contributed by atoms with Crippen molar-refractivity contribution in [3.8, 4) is 0 Å². The van der Waals surface area contributed by atoms with E-state index in [0.29, 0.717) is 18.5 Å². The standard InChI is InChI=1S/C18H25N3O3/c1-3-5-11-21(12-6-4-2)16(22)13-24-18(23)17-14-9-7-8-10-15(14)19-20-17/h7-10H,3-6,11-13H2,1-2H3,(H,19,20). The Balaban J connectivity index is 1.94. The molecule has 1 amide bonds. The lowest BCUT2D eigenvalue weighted by molar-refractivity contribution is -0.134. The molecule has 0 spiro atoms. The summed E-state index contributed by atoms with van der Waals surface area (Å²) in [5.74, 6) is -0.725. The maximum absolute atomic E-state index is 12.3. The predicted molar refractivity (Wildman–Crippen MR) is 92.8 cm³/mol.